The molecule has 0 spiro atoms. The molecule has 0 radical (unpaired) electrons. The Morgan fingerprint density at radius 3 is 2.76 bits per heavy atom. The molecule has 0 unspecified atom stereocenters. The van der Waals surface area contributed by atoms with Crippen molar-refractivity contribution >= 4 is 34.4 Å². The van der Waals surface area contributed by atoms with Crippen LogP contribution in [-0.2, 0) is 6.54 Å². The van der Waals surface area contributed by atoms with Crippen LogP contribution < -0.4 is 10.2 Å². The zero-order valence-corrected chi connectivity index (χ0v) is 17.4. The smallest absolute Gasteiger partial charge is 0.317 e. The largest absolute Gasteiger partial charge is 0.368 e. The van der Waals surface area contributed by atoms with E-state index in [1.807, 2.05) is 47.6 Å². The van der Waals surface area contributed by atoms with Gasteiger partial charge in [-0.3, -0.25) is 0 Å². The SMILES string of the molecule is Cc1ccc(Cl)cc1N1CCN(C(=O)NCCCn2cnc3ccccc32)CC1. The molecule has 1 saturated heterocycles. The van der Waals surface area contributed by atoms with Gasteiger partial charge in [-0.1, -0.05) is 29.8 Å². The number of anilines is 1. The average Bonchev–Trinajstić information content (AvgIpc) is 3.16. The van der Waals surface area contributed by atoms with E-state index in [0.29, 0.717) is 19.6 Å². The van der Waals surface area contributed by atoms with E-state index in [-0.39, 0.29) is 6.03 Å². The number of nitrogens with zero attached hydrogens (tertiary/aromatic N) is 4. The molecular weight excluding hydrogens is 386 g/mol. The second-order valence-corrected chi connectivity index (χ2v) is 7.85. The van der Waals surface area contributed by atoms with Gasteiger partial charge < -0.3 is 19.7 Å². The first kappa shape index (κ1) is 19.6. The molecule has 29 heavy (non-hydrogen) atoms. The second kappa shape index (κ2) is 8.74. The number of carbonyl (C=O) groups is 1. The minimum Gasteiger partial charge on any atom is -0.368 e. The first-order valence-electron chi connectivity index (χ1n) is 10.1. The summed E-state index contributed by atoms with van der Waals surface area (Å²) in [6.07, 6.45) is 2.73. The number of hydrogen-bond acceptors (Lipinski definition) is 3. The zero-order chi connectivity index (χ0) is 20.2. The summed E-state index contributed by atoms with van der Waals surface area (Å²) in [5.41, 5.74) is 4.50. The van der Waals surface area contributed by atoms with Crippen molar-refractivity contribution in [3.05, 3.63) is 59.4 Å². The van der Waals surface area contributed by atoms with Crippen molar-refractivity contribution in [3.63, 3.8) is 0 Å². The van der Waals surface area contributed by atoms with E-state index in [9.17, 15) is 4.79 Å². The number of para-hydroxylation sites is 2. The van der Waals surface area contributed by atoms with E-state index < -0.39 is 0 Å². The van der Waals surface area contributed by atoms with Crippen LogP contribution in [0.4, 0.5) is 10.5 Å². The molecule has 0 atom stereocenters. The minimum atomic E-state index is 0.0166. The number of amides is 2. The topological polar surface area (TPSA) is 53.4 Å². The van der Waals surface area contributed by atoms with Crippen molar-refractivity contribution in [3.8, 4) is 0 Å². The molecule has 1 fully saturated rings. The van der Waals surface area contributed by atoms with Crippen LogP contribution in [0.15, 0.2) is 48.8 Å². The number of fused-ring (bicyclic) bond motifs is 1. The lowest BCUT2D eigenvalue weighted by atomic mass is 10.1. The normalized spacial score (nSPS) is 14.4. The molecule has 0 aliphatic carbocycles. The van der Waals surface area contributed by atoms with E-state index in [0.717, 1.165) is 47.8 Å². The molecule has 2 amide bonds. The number of rotatable bonds is 5. The fourth-order valence-electron chi connectivity index (χ4n) is 3.82. The molecule has 2 aromatic carbocycles. The Hall–Kier alpha value is -2.73. The molecule has 152 valence electrons. The van der Waals surface area contributed by atoms with Crippen LogP contribution in [-0.4, -0.2) is 53.2 Å². The molecule has 2 heterocycles. The van der Waals surface area contributed by atoms with Crippen molar-refractivity contribution < 1.29 is 4.79 Å². The molecule has 4 rings (SSSR count). The van der Waals surface area contributed by atoms with Crippen LogP contribution in [0.5, 0.6) is 0 Å². The molecule has 1 aromatic heterocycles. The number of hydrogen-bond donors (Lipinski definition) is 1. The Morgan fingerprint density at radius 2 is 1.93 bits per heavy atom. The fraction of sp³-hybridized carbons (Fsp3) is 0.364. The molecule has 6 nitrogen and oxygen atoms in total. The highest BCUT2D eigenvalue weighted by Crippen LogP contribution is 2.25. The molecule has 3 aromatic rings. The van der Waals surface area contributed by atoms with Gasteiger partial charge in [-0.05, 0) is 43.2 Å². The van der Waals surface area contributed by atoms with Gasteiger partial charge in [0.2, 0.25) is 0 Å². The third-order valence-electron chi connectivity index (χ3n) is 5.46. The van der Waals surface area contributed by atoms with Crippen LogP contribution in [0, 0.1) is 6.92 Å². The monoisotopic (exact) mass is 411 g/mol. The standard InChI is InChI=1S/C22H26ClN5O/c1-17-7-8-18(23)15-21(17)26-11-13-27(14-12-26)22(29)24-9-4-10-28-16-25-19-5-2-3-6-20(19)28/h2-3,5-8,15-16H,4,9-14H2,1H3,(H,24,29). The quantitative estimate of drug-likeness (QED) is 0.647. The number of benzene rings is 2. The molecule has 1 aliphatic rings. The van der Waals surface area contributed by atoms with E-state index in [1.54, 1.807) is 0 Å². The maximum atomic E-state index is 12.5. The molecule has 1 aliphatic heterocycles. The highest BCUT2D eigenvalue weighted by molar-refractivity contribution is 6.30. The van der Waals surface area contributed by atoms with Gasteiger partial charge in [0.15, 0.2) is 0 Å². The van der Waals surface area contributed by atoms with Crippen molar-refractivity contribution in [2.45, 2.75) is 19.9 Å². The van der Waals surface area contributed by atoms with Crippen LogP contribution in [0.3, 0.4) is 0 Å². The van der Waals surface area contributed by atoms with Crippen molar-refractivity contribution in [2.75, 3.05) is 37.6 Å². The predicted molar refractivity (Wildman–Crippen MR) is 118 cm³/mol. The van der Waals surface area contributed by atoms with Gasteiger partial charge in [0.05, 0.1) is 17.4 Å². The Bertz CT molecular complexity index is 994. The van der Waals surface area contributed by atoms with Gasteiger partial charge in [-0.15, -0.1) is 0 Å². The predicted octanol–water partition coefficient (Wildman–Crippen LogP) is 3.92. The lowest BCUT2D eigenvalue weighted by molar-refractivity contribution is 0.194. The van der Waals surface area contributed by atoms with Gasteiger partial charge >= 0.3 is 6.03 Å². The number of urea groups is 1. The van der Waals surface area contributed by atoms with Crippen molar-refractivity contribution in [2.24, 2.45) is 0 Å². The number of piperazine rings is 1. The first-order chi connectivity index (χ1) is 14.1. The number of aryl methyl sites for hydroxylation is 2. The summed E-state index contributed by atoms with van der Waals surface area (Å²) in [6, 6.07) is 14.1. The van der Waals surface area contributed by atoms with Crippen molar-refractivity contribution in [1.29, 1.82) is 0 Å². The summed E-state index contributed by atoms with van der Waals surface area (Å²) < 4.78 is 2.13. The number of carbonyl (C=O) groups excluding carboxylic acids is 1. The van der Waals surface area contributed by atoms with Gasteiger partial charge in [0.25, 0.3) is 0 Å². The molecular formula is C22H26ClN5O. The minimum absolute atomic E-state index is 0.0166. The van der Waals surface area contributed by atoms with E-state index in [2.05, 4.69) is 32.8 Å². The summed E-state index contributed by atoms with van der Waals surface area (Å²) >= 11 is 6.15. The highest BCUT2D eigenvalue weighted by atomic mass is 35.5. The van der Waals surface area contributed by atoms with E-state index in [4.69, 9.17) is 11.6 Å². The number of halogens is 1. The maximum absolute atomic E-state index is 12.5. The lowest BCUT2D eigenvalue weighted by Gasteiger charge is -2.36. The first-order valence-corrected chi connectivity index (χ1v) is 10.4. The maximum Gasteiger partial charge on any atom is 0.317 e. The second-order valence-electron chi connectivity index (χ2n) is 7.42. The van der Waals surface area contributed by atoms with Crippen LogP contribution in [0.25, 0.3) is 11.0 Å². The molecule has 1 N–H and O–H groups in total. The fourth-order valence-corrected chi connectivity index (χ4v) is 3.99. The van der Waals surface area contributed by atoms with Gasteiger partial charge in [-0.2, -0.15) is 0 Å². The Kier molecular flexibility index (Phi) is 5.90. The molecule has 0 saturated carbocycles. The summed E-state index contributed by atoms with van der Waals surface area (Å²) in [7, 11) is 0. The van der Waals surface area contributed by atoms with Crippen molar-refractivity contribution in [1.82, 2.24) is 19.8 Å². The Balaban J connectivity index is 1.22. The van der Waals surface area contributed by atoms with E-state index in [1.165, 1.54) is 5.56 Å². The average molecular weight is 412 g/mol. The van der Waals surface area contributed by atoms with E-state index >= 15 is 0 Å². The number of nitrogens with one attached hydrogen (secondary N) is 1. The molecule has 0 bridgehead atoms. The Morgan fingerprint density at radius 1 is 1.14 bits per heavy atom. The lowest BCUT2D eigenvalue weighted by Crippen LogP contribution is -2.52. The van der Waals surface area contributed by atoms with Crippen LogP contribution in [0.1, 0.15) is 12.0 Å². The van der Waals surface area contributed by atoms with Crippen LogP contribution in [0.2, 0.25) is 5.02 Å². The summed E-state index contributed by atoms with van der Waals surface area (Å²) in [5, 5.41) is 3.80. The van der Waals surface area contributed by atoms with Gasteiger partial charge in [-0.25, -0.2) is 9.78 Å². The van der Waals surface area contributed by atoms with Gasteiger partial charge in [0, 0.05) is 50.0 Å². The number of aromatic nitrogens is 2. The van der Waals surface area contributed by atoms with Crippen LogP contribution >= 0.6 is 11.6 Å². The molecule has 7 heteroatoms. The van der Waals surface area contributed by atoms with Gasteiger partial charge in [0.1, 0.15) is 0 Å². The summed E-state index contributed by atoms with van der Waals surface area (Å²) in [5.74, 6) is 0. The zero-order valence-electron chi connectivity index (χ0n) is 16.6. The highest BCUT2D eigenvalue weighted by Gasteiger charge is 2.22. The Labute approximate surface area is 176 Å². The summed E-state index contributed by atoms with van der Waals surface area (Å²) in [4.78, 5) is 21.1. The summed E-state index contributed by atoms with van der Waals surface area (Å²) in [6.45, 7) is 6.63. The number of imidazole rings is 1. The third-order valence-corrected chi connectivity index (χ3v) is 5.69. The third kappa shape index (κ3) is 4.48.